The zero-order chi connectivity index (χ0) is 17.3. The molecule has 2 aromatic rings. The summed E-state index contributed by atoms with van der Waals surface area (Å²) in [5.74, 6) is 0.328. The number of rotatable bonds is 0. The molecule has 2 aromatic carbocycles. The number of allylic oxidation sites excluding steroid dienone is 7. The molecule has 3 aliphatic carbocycles. The van der Waals surface area contributed by atoms with Crippen LogP contribution in [-0.4, -0.2) is 10.8 Å². The highest BCUT2D eigenvalue weighted by Crippen LogP contribution is 2.57. The van der Waals surface area contributed by atoms with Gasteiger partial charge in [0.1, 0.15) is 11.2 Å². The SMILES string of the molecule is OC1=CC=C2C(=Cc3ccccc32)C12C=CC=C1C2=Nc2ccccc21. The van der Waals surface area contributed by atoms with Crippen LogP contribution in [0.25, 0.3) is 17.2 Å². The molecule has 0 saturated carbocycles. The van der Waals surface area contributed by atoms with E-state index in [1.807, 2.05) is 36.4 Å². The van der Waals surface area contributed by atoms with Gasteiger partial charge in [0.25, 0.3) is 0 Å². The Hall–Kier alpha value is -3.39. The maximum Gasteiger partial charge on any atom is 0.114 e. The van der Waals surface area contributed by atoms with Crippen LogP contribution in [-0.2, 0) is 0 Å². The Labute approximate surface area is 151 Å². The summed E-state index contributed by atoms with van der Waals surface area (Å²) in [5, 5.41) is 11.1. The first-order valence-corrected chi connectivity index (χ1v) is 8.81. The van der Waals surface area contributed by atoms with Gasteiger partial charge in [0.2, 0.25) is 0 Å². The minimum Gasteiger partial charge on any atom is -0.511 e. The lowest BCUT2D eigenvalue weighted by Crippen LogP contribution is -2.35. The van der Waals surface area contributed by atoms with E-state index in [0.717, 1.165) is 28.1 Å². The fourth-order valence-electron chi connectivity index (χ4n) is 4.55. The smallest absolute Gasteiger partial charge is 0.114 e. The molecule has 1 unspecified atom stereocenters. The molecule has 1 atom stereocenters. The zero-order valence-electron chi connectivity index (χ0n) is 14.0. The van der Waals surface area contributed by atoms with Crippen LogP contribution in [0.15, 0.2) is 95.2 Å². The third-order valence-corrected chi connectivity index (χ3v) is 5.74. The number of hydrogen-bond acceptors (Lipinski definition) is 2. The standard InChI is InChI=1S/C24H15NO/c26-22-12-11-17-16-7-2-1-6-15(16)14-20(17)24(22)13-5-9-19-18-8-3-4-10-21(18)25-23(19)24/h1-14,26H. The number of aliphatic hydroxyl groups excluding tert-OH is 1. The first-order valence-electron chi connectivity index (χ1n) is 8.81. The zero-order valence-corrected chi connectivity index (χ0v) is 14.0. The van der Waals surface area contributed by atoms with Crippen molar-refractivity contribution in [1.82, 2.24) is 0 Å². The van der Waals surface area contributed by atoms with E-state index in [4.69, 9.17) is 4.99 Å². The van der Waals surface area contributed by atoms with Gasteiger partial charge in [0.05, 0.1) is 11.4 Å². The summed E-state index contributed by atoms with van der Waals surface area (Å²) < 4.78 is 0. The lowest BCUT2D eigenvalue weighted by atomic mass is 9.65. The van der Waals surface area contributed by atoms with E-state index in [1.165, 1.54) is 16.7 Å². The molecule has 1 spiro atoms. The molecular formula is C24H15NO. The van der Waals surface area contributed by atoms with Gasteiger partial charge in [-0.3, -0.25) is 4.99 Å². The predicted molar refractivity (Wildman–Crippen MR) is 106 cm³/mol. The Morgan fingerprint density at radius 3 is 2.54 bits per heavy atom. The highest BCUT2D eigenvalue weighted by Gasteiger charge is 2.50. The molecule has 26 heavy (non-hydrogen) atoms. The number of fused-ring (bicyclic) bond motifs is 8. The third-order valence-electron chi connectivity index (χ3n) is 5.74. The monoisotopic (exact) mass is 333 g/mol. The van der Waals surface area contributed by atoms with Gasteiger partial charge in [-0.25, -0.2) is 0 Å². The van der Waals surface area contributed by atoms with Crippen LogP contribution in [0.2, 0.25) is 0 Å². The average molecular weight is 333 g/mol. The van der Waals surface area contributed by atoms with E-state index in [9.17, 15) is 5.11 Å². The summed E-state index contributed by atoms with van der Waals surface area (Å²) >= 11 is 0. The minimum atomic E-state index is -0.716. The first-order chi connectivity index (χ1) is 12.8. The second kappa shape index (κ2) is 4.61. The van der Waals surface area contributed by atoms with Crippen molar-refractivity contribution in [3.8, 4) is 0 Å². The lowest BCUT2D eigenvalue weighted by molar-refractivity contribution is 0.349. The second-order valence-electron chi connectivity index (χ2n) is 7.00. The summed E-state index contributed by atoms with van der Waals surface area (Å²) in [6.07, 6.45) is 12.3. The molecule has 0 radical (unpaired) electrons. The molecule has 1 N–H and O–H groups in total. The number of para-hydroxylation sites is 1. The van der Waals surface area contributed by atoms with Crippen LogP contribution >= 0.6 is 0 Å². The highest BCUT2D eigenvalue weighted by molar-refractivity contribution is 6.35. The number of aliphatic hydroxyl groups is 1. The normalized spacial score (nSPS) is 23.9. The molecule has 0 amide bonds. The molecule has 0 bridgehead atoms. The first kappa shape index (κ1) is 13.9. The Kier molecular flexibility index (Phi) is 2.46. The molecule has 0 saturated heterocycles. The molecule has 122 valence electrons. The number of hydrogen-bond donors (Lipinski definition) is 1. The van der Waals surface area contributed by atoms with E-state index >= 15 is 0 Å². The van der Waals surface area contributed by atoms with Gasteiger partial charge in [-0.1, -0.05) is 66.8 Å². The summed E-state index contributed by atoms with van der Waals surface area (Å²) in [4.78, 5) is 4.95. The number of aliphatic imine (C=N–C) groups is 1. The Morgan fingerprint density at radius 1 is 0.808 bits per heavy atom. The molecule has 0 aromatic heterocycles. The van der Waals surface area contributed by atoms with Crippen LogP contribution in [0.5, 0.6) is 0 Å². The van der Waals surface area contributed by atoms with Gasteiger partial charge in [0, 0.05) is 11.1 Å². The van der Waals surface area contributed by atoms with Crippen molar-refractivity contribution in [3.63, 3.8) is 0 Å². The second-order valence-corrected chi connectivity index (χ2v) is 7.00. The van der Waals surface area contributed by atoms with Gasteiger partial charge in [-0.15, -0.1) is 0 Å². The Bertz CT molecular complexity index is 1160. The Balaban J connectivity index is 1.63. The van der Waals surface area contributed by atoms with Gasteiger partial charge >= 0.3 is 0 Å². The van der Waals surface area contributed by atoms with Gasteiger partial charge < -0.3 is 5.11 Å². The summed E-state index contributed by atoms with van der Waals surface area (Å²) in [6.45, 7) is 0. The fraction of sp³-hybridized carbons (Fsp3) is 0.0417. The van der Waals surface area contributed by atoms with Crippen LogP contribution in [0.3, 0.4) is 0 Å². The molecule has 2 nitrogen and oxygen atoms in total. The van der Waals surface area contributed by atoms with Crippen LogP contribution in [0.4, 0.5) is 5.69 Å². The largest absolute Gasteiger partial charge is 0.511 e. The topological polar surface area (TPSA) is 32.6 Å². The van der Waals surface area contributed by atoms with Gasteiger partial charge in [0.15, 0.2) is 0 Å². The molecule has 1 aliphatic heterocycles. The van der Waals surface area contributed by atoms with Crippen molar-refractivity contribution < 1.29 is 5.11 Å². The van der Waals surface area contributed by atoms with Crippen molar-refractivity contribution in [2.45, 2.75) is 0 Å². The quantitative estimate of drug-likeness (QED) is 0.664. The van der Waals surface area contributed by atoms with E-state index in [0.29, 0.717) is 5.76 Å². The van der Waals surface area contributed by atoms with E-state index < -0.39 is 5.41 Å². The number of nitrogens with zero attached hydrogens (tertiary/aromatic N) is 1. The van der Waals surface area contributed by atoms with Crippen molar-refractivity contribution in [2.75, 3.05) is 0 Å². The molecule has 2 heteroatoms. The van der Waals surface area contributed by atoms with Crippen LogP contribution in [0, 0.1) is 5.41 Å². The molecule has 0 fully saturated rings. The van der Waals surface area contributed by atoms with E-state index in [2.05, 4.69) is 48.6 Å². The average Bonchev–Trinajstić information content (AvgIpc) is 3.24. The maximum absolute atomic E-state index is 11.1. The minimum absolute atomic E-state index is 0.328. The van der Waals surface area contributed by atoms with Crippen LogP contribution < -0.4 is 0 Å². The number of benzene rings is 2. The van der Waals surface area contributed by atoms with Gasteiger partial charge in [-0.05, 0) is 40.5 Å². The molecule has 1 heterocycles. The molecular weight excluding hydrogens is 318 g/mol. The van der Waals surface area contributed by atoms with Crippen molar-refractivity contribution >= 4 is 28.6 Å². The lowest BCUT2D eigenvalue weighted by Gasteiger charge is -2.37. The van der Waals surface area contributed by atoms with Gasteiger partial charge in [-0.2, -0.15) is 0 Å². The summed E-state index contributed by atoms with van der Waals surface area (Å²) in [6, 6.07) is 16.6. The maximum atomic E-state index is 11.1. The molecule has 6 rings (SSSR count). The highest BCUT2D eigenvalue weighted by atomic mass is 16.3. The van der Waals surface area contributed by atoms with E-state index in [1.54, 1.807) is 0 Å². The summed E-state index contributed by atoms with van der Waals surface area (Å²) in [5.41, 5.74) is 8.08. The Morgan fingerprint density at radius 2 is 1.62 bits per heavy atom. The predicted octanol–water partition coefficient (Wildman–Crippen LogP) is 5.65. The van der Waals surface area contributed by atoms with Crippen molar-refractivity contribution in [3.05, 3.63) is 107 Å². The van der Waals surface area contributed by atoms with Crippen LogP contribution in [0.1, 0.15) is 16.7 Å². The molecule has 4 aliphatic rings. The fourth-order valence-corrected chi connectivity index (χ4v) is 4.55. The third kappa shape index (κ3) is 1.50. The van der Waals surface area contributed by atoms with Crippen molar-refractivity contribution in [2.24, 2.45) is 10.4 Å². The van der Waals surface area contributed by atoms with E-state index in [-0.39, 0.29) is 0 Å². The van der Waals surface area contributed by atoms with Crippen molar-refractivity contribution in [1.29, 1.82) is 0 Å². The summed E-state index contributed by atoms with van der Waals surface area (Å²) in [7, 11) is 0.